The Hall–Kier alpha value is -1.39. The number of carbonyl (C=O) groups is 1. The van der Waals surface area contributed by atoms with Gasteiger partial charge in [0.1, 0.15) is 0 Å². The quantitative estimate of drug-likeness (QED) is 0.791. The molecule has 0 aliphatic rings. The molecule has 0 radical (unpaired) electrons. The fraction of sp³-hybridized carbons (Fsp3) is 0.500. The molecule has 1 aromatic carbocycles. The molecule has 0 aliphatic heterocycles. The summed E-state index contributed by atoms with van der Waals surface area (Å²) in [5.41, 5.74) is 0.789. The van der Waals surface area contributed by atoms with Gasteiger partial charge in [-0.15, -0.1) is 0 Å². The van der Waals surface area contributed by atoms with Crippen molar-refractivity contribution in [2.45, 2.75) is 33.0 Å². The molecule has 4 nitrogen and oxygen atoms in total. The minimum atomic E-state index is -0.930. The number of aromatic carboxylic acids is 1. The second kappa shape index (κ2) is 6.52. The topological polar surface area (TPSA) is 55.8 Å². The Morgan fingerprint density at radius 2 is 1.89 bits per heavy atom. The van der Waals surface area contributed by atoms with Gasteiger partial charge in [-0.1, -0.05) is 18.2 Å². The second-order valence-electron chi connectivity index (χ2n) is 4.98. The normalized spacial score (nSPS) is 11.5. The van der Waals surface area contributed by atoms with Crippen molar-refractivity contribution in [3.8, 4) is 0 Å². The molecule has 0 aromatic heterocycles. The van der Waals surface area contributed by atoms with E-state index in [-0.39, 0.29) is 17.8 Å². The third kappa shape index (κ3) is 5.29. The van der Waals surface area contributed by atoms with Crippen LogP contribution in [-0.4, -0.2) is 29.9 Å². The summed E-state index contributed by atoms with van der Waals surface area (Å²) in [5.74, 6) is -0.930. The summed E-state index contributed by atoms with van der Waals surface area (Å²) in [7, 11) is 0. The molecule has 1 N–H and O–H groups in total. The van der Waals surface area contributed by atoms with Crippen LogP contribution >= 0.6 is 0 Å². The zero-order valence-corrected chi connectivity index (χ0v) is 11.1. The fourth-order valence-electron chi connectivity index (χ4n) is 1.44. The van der Waals surface area contributed by atoms with Gasteiger partial charge in [0.2, 0.25) is 0 Å². The smallest absolute Gasteiger partial charge is 0.336 e. The van der Waals surface area contributed by atoms with Gasteiger partial charge in [-0.05, 0) is 32.4 Å². The molecule has 18 heavy (non-hydrogen) atoms. The monoisotopic (exact) mass is 252 g/mol. The highest BCUT2D eigenvalue weighted by Crippen LogP contribution is 2.10. The third-order valence-corrected chi connectivity index (χ3v) is 2.27. The van der Waals surface area contributed by atoms with Gasteiger partial charge in [0.25, 0.3) is 0 Å². The molecular formula is C14H20O4. The first-order chi connectivity index (χ1) is 8.40. The largest absolute Gasteiger partial charge is 0.478 e. The molecule has 4 heteroatoms. The predicted octanol–water partition coefficient (Wildman–Crippen LogP) is 2.72. The third-order valence-electron chi connectivity index (χ3n) is 2.27. The summed E-state index contributed by atoms with van der Waals surface area (Å²) >= 11 is 0. The van der Waals surface area contributed by atoms with Crippen LogP contribution in [0.1, 0.15) is 36.7 Å². The van der Waals surface area contributed by atoms with Crippen LogP contribution in [0.15, 0.2) is 24.3 Å². The van der Waals surface area contributed by atoms with Crippen molar-refractivity contribution in [1.82, 2.24) is 0 Å². The summed E-state index contributed by atoms with van der Waals surface area (Å²) in [5, 5.41) is 8.99. The number of hydrogen-bond donors (Lipinski definition) is 1. The van der Waals surface area contributed by atoms with Crippen LogP contribution in [0, 0.1) is 0 Å². The molecule has 0 heterocycles. The average Bonchev–Trinajstić information content (AvgIpc) is 2.27. The molecule has 100 valence electrons. The highest BCUT2D eigenvalue weighted by Gasteiger charge is 2.10. The Kier molecular flexibility index (Phi) is 5.31. The van der Waals surface area contributed by atoms with E-state index in [9.17, 15) is 4.79 Å². The zero-order chi connectivity index (χ0) is 13.6. The van der Waals surface area contributed by atoms with Crippen molar-refractivity contribution in [2.24, 2.45) is 0 Å². The lowest BCUT2D eigenvalue weighted by Crippen LogP contribution is -2.21. The van der Waals surface area contributed by atoms with Crippen molar-refractivity contribution in [3.05, 3.63) is 35.4 Å². The van der Waals surface area contributed by atoms with Crippen LogP contribution in [0.5, 0.6) is 0 Å². The maximum atomic E-state index is 11.0. The van der Waals surface area contributed by atoms with Gasteiger partial charge in [-0.25, -0.2) is 4.79 Å². The molecule has 0 aliphatic carbocycles. The molecular weight excluding hydrogens is 232 g/mol. The Morgan fingerprint density at radius 1 is 1.22 bits per heavy atom. The van der Waals surface area contributed by atoms with Gasteiger partial charge in [-0.2, -0.15) is 0 Å². The van der Waals surface area contributed by atoms with Crippen molar-refractivity contribution < 1.29 is 19.4 Å². The summed E-state index contributed by atoms with van der Waals surface area (Å²) in [4.78, 5) is 11.0. The molecule has 1 aromatic rings. The fourth-order valence-corrected chi connectivity index (χ4v) is 1.44. The standard InChI is InChI=1S/C14H20O4/c1-14(2,3)18-9-8-17-10-11-6-4-5-7-12(11)13(15)16/h4-7H,8-10H2,1-3H3,(H,15,16). The Bertz CT molecular complexity index is 393. The molecule has 0 spiro atoms. The average molecular weight is 252 g/mol. The summed E-state index contributed by atoms with van der Waals surface area (Å²) in [6.45, 7) is 7.17. The molecule has 0 amide bonds. The highest BCUT2D eigenvalue weighted by molar-refractivity contribution is 5.89. The van der Waals surface area contributed by atoms with Gasteiger partial charge in [0, 0.05) is 0 Å². The molecule has 0 fully saturated rings. The molecule has 0 saturated carbocycles. The van der Waals surface area contributed by atoms with Crippen LogP contribution in [-0.2, 0) is 16.1 Å². The van der Waals surface area contributed by atoms with E-state index in [2.05, 4.69) is 0 Å². The van der Waals surface area contributed by atoms with Gasteiger partial charge in [0.15, 0.2) is 0 Å². The van der Waals surface area contributed by atoms with Crippen molar-refractivity contribution in [2.75, 3.05) is 13.2 Å². The van der Waals surface area contributed by atoms with E-state index >= 15 is 0 Å². The van der Waals surface area contributed by atoms with E-state index in [4.69, 9.17) is 14.6 Å². The maximum absolute atomic E-state index is 11.0. The predicted molar refractivity (Wildman–Crippen MR) is 68.8 cm³/mol. The number of rotatable bonds is 6. The van der Waals surface area contributed by atoms with Gasteiger partial charge in [0.05, 0.1) is 31.0 Å². The highest BCUT2D eigenvalue weighted by atomic mass is 16.5. The molecule has 0 unspecified atom stereocenters. The van der Waals surface area contributed by atoms with E-state index in [1.807, 2.05) is 20.8 Å². The summed E-state index contributed by atoms with van der Waals surface area (Å²) in [6, 6.07) is 6.84. The molecule has 1 rings (SSSR count). The van der Waals surface area contributed by atoms with Crippen LogP contribution in [0.4, 0.5) is 0 Å². The van der Waals surface area contributed by atoms with Gasteiger partial charge in [-0.3, -0.25) is 0 Å². The number of carboxylic acid groups (broad SMARTS) is 1. The SMILES string of the molecule is CC(C)(C)OCCOCc1ccccc1C(=O)O. The molecule has 0 saturated heterocycles. The van der Waals surface area contributed by atoms with E-state index in [0.29, 0.717) is 18.8 Å². The van der Waals surface area contributed by atoms with Crippen LogP contribution in [0.2, 0.25) is 0 Å². The van der Waals surface area contributed by atoms with Crippen LogP contribution in [0.25, 0.3) is 0 Å². The first kappa shape index (κ1) is 14.7. The number of hydrogen-bond acceptors (Lipinski definition) is 3. The second-order valence-corrected chi connectivity index (χ2v) is 4.98. The Balaban J connectivity index is 2.38. The number of benzene rings is 1. The number of carboxylic acids is 1. The molecule has 0 bridgehead atoms. The summed E-state index contributed by atoms with van der Waals surface area (Å²) < 4.78 is 10.9. The lowest BCUT2D eigenvalue weighted by molar-refractivity contribution is -0.0377. The lowest BCUT2D eigenvalue weighted by atomic mass is 10.1. The maximum Gasteiger partial charge on any atom is 0.336 e. The van der Waals surface area contributed by atoms with Crippen molar-refractivity contribution >= 4 is 5.97 Å². The van der Waals surface area contributed by atoms with Crippen LogP contribution < -0.4 is 0 Å². The van der Waals surface area contributed by atoms with Gasteiger partial charge >= 0.3 is 5.97 Å². The number of ether oxygens (including phenoxy) is 2. The van der Waals surface area contributed by atoms with Gasteiger partial charge < -0.3 is 14.6 Å². The van der Waals surface area contributed by atoms with E-state index < -0.39 is 5.97 Å². The minimum absolute atomic E-state index is 0.178. The summed E-state index contributed by atoms with van der Waals surface area (Å²) in [6.07, 6.45) is 0. The Labute approximate surface area is 108 Å². The Morgan fingerprint density at radius 3 is 2.50 bits per heavy atom. The first-order valence-electron chi connectivity index (χ1n) is 5.93. The van der Waals surface area contributed by atoms with Crippen LogP contribution in [0.3, 0.4) is 0 Å². The van der Waals surface area contributed by atoms with E-state index in [1.54, 1.807) is 24.3 Å². The van der Waals surface area contributed by atoms with Crippen molar-refractivity contribution in [1.29, 1.82) is 0 Å². The lowest BCUT2D eigenvalue weighted by Gasteiger charge is -2.19. The van der Waals surface area contributed by atoms with E-state index in [0.717, 1.165) is 0 Å². The first-order valence-corrected chi connectivity index (χ1v) is 5.93. The molecule has 0 atom stereocenters. The zero-order valence-electron chi connectivity index (χ0n) is 11.1. The van der Waals surface area contributed by atoms with E-state index in [1.165, 1.54) is 0 Å². The van der Waals surface area contributed by atoms with Crippen molar-refractivity contribution in [3.63, 3.8) is 0 Å². The minimum Gasteiger partial charge on any atom is -0.478 e.